The molecule has 8 heteroatoms. The van der Waals surface area contributed by atoms with Crippen LogP contribution in [0.3, 0.4) is 0 Å². The predicted octanol–water partition coefficient (Wildman–Crippen LogP) is 2.86. The van der Waals surface area contributed by atoms with Gasteiger partial charge in [0, 0.05) is 34.8 Å². The second-order valence-corrected chi connectivity index (χ2v) is 10.8. The van der Waals surface area contributed by atoms with E-state index in [0.29, 0.717) is 12.3 Å². The number of hydrogen-bond acceptors (Lipinski definition) is 6. The van der Waals surface area contributed by atoms with Crippen molar-refractivity contribution >= 4 is 45.6 Å². The van der Waals surface area contributed by atoms with Gasteiger partial charge in [0.25, 0.3) is 0 Å². The van der Waals surface area contributed by atoms with E-state index in [4.69, 9.17) is 0 Å². The van der Waals surface area contributed by atoms with Crippen molar-refractivity contribution in [1.82, 2.24) is 10.6 Å². The first-order chi connectivity index (χ1) is 12.2. The SMILES string of the molecule is CC(C)C(=O)N[C@@H](CSC(=O)C(C)(C)C)C(=O)NCCSC(=O)C(C)(C)C. The number of nitrogens with one attached hydrogen (secondary N) is 2. The molecule has 0 aromatic rings. The van der Waals surface area contributed by atoms with Crippen LogP contribution in [-0.2, 0) is 19.2 Å². The van der Waals surface area contributed by atoms with E-state index in [1.807, 2.05) is 41.5 Å². The highest BCUT2D eigenvalue weighted by molar-refractivity contribution is 8.14. The summed E-state index contributed by atoms with van der Waals surface area (Å²) in [5.41, 5.74) is -0.940. The van der Waals surface area contributed by atoms with Crippen LogP contribution in [0, 0.1) is 16.7 Å². The topological polar surface area (TPSA) is 92.3 Å². The molecule has 0 unspecified atom stereocenters. The molecule has 27 heavy (non-hydrogen) atoms. The van der Waals surface area contributed by atoms with Gasteiger partial charge in [-0.3, -0.25) is 19.2 Å². The molecule has 0 aliphatic heterocycles. The Balaban J connectivity index is 4.71. The first kappa shape index (κ1) is 26.0. The fourth-order valence-electron chi connectivity index (χ4n) is 1.55. The van der Waals surface area contributed by atoms with Crippen LogP contribution in [0.15, 0.2) is 0 Å². The normalized spacial score (nSPS) is 13.2. The number of hydrogen-bond donors (Lipinski definition) is 2. The zero-order valence-corrected chi connectivity index (χ0v) is 19.4. The Morgan fingerprint density at radius 3 is 1.74 bits per heavy atom. The van der Waals surface area contributed by atoms with Crippen LogP contribution in [0.2, 0.25) is 0 Å². The highest BCUT2D eigenvalue weighted by atomic mass is 32.2. The fraction of sp³-hybridized carbons (Fsp3) is 0.789. The molecule has 2 N–H and O–H groups in total. The van der Waals surface area contributed by atoms with E-state index >= 15 is 0 Å². The summed E-state index contributed by atoms with van der Waals surface area (Å²) in [5, 5.41) is 5.47. The first-order valence-electron chi connectivity index (χ1n) is 9.08. The van der Waals surface area contributed by atoms with Crippen molar-refractivity contribution in [2.75, 3.05) is 18.1 Å². The van der Waals surface area contributed by atoms with Crippen molar-refractivity contribution < 1.29 is 19.2 Å². The van der Waals surface area contributed by atoms with Gasteiger partial charge in [-0.05, 0) is 0 Å². The van der Waals surface area contributed by atoms with Crippen molar-refractivity contribution in [1.29, 1.82) is 0 Å². The molecule has 0 aromatic heterocycles. The number of thioether (sulfide) groups is 2. The average molecular weight is 419 g/mol. The highest BCUT2D eigenvalue weighted by Gasteiger charge is 2.27. The van der Waals surface area contributed by atoms with E-state index < -0.39 is 16.9 Å². The Kier molecular flexibility index (Phi) is 10.7. The number of rotatable bonds is 8. The molecule has 156 valence electrons. The summed E-state index contributed by atoms with van der Waals surface area (Å²) in [6.07, 6.45) is 0. The van der Waals surface area contributed by atoms with Gasteiger partial charge in [0.1, 0.15) is 6.04 Å². The summed E-state index contributed by atoms with van der Waals surface area (Å²) in [5.74, 6) is -0.211. The molecule has 0 saturated carbocycles. The first-order valence-corrected chi connectivity index (χ1v) is 11.1. The maximum absolute atomic E-state index is 12.5. The van der Waals surface area contributed by atoms with Crippen LogP contribution < -0.4 is 10.6 Å². The molecule has 0 saturated heterocycles. The predicted molar refractivity (Wildman–Crippen MR) is 114 cm³/mol. The van der Waals surface area contributed by atoms with Gasteiger partial charge in [-0.2, -0.15) is 0 Å². The standard InChI is InChI=1S/C19H34N2O4S2/c1-12(2)14(22)21-13(11-27-17(25)19(6,7)8)15(23)20-9-10-26-16(24)18(3,4)5/h12-13H,9-11H2,1-8H3,(H,20,23)(H,21,22)/t13-/m0/s1. The lowest BCUT2D eigenvalue weighted by Crippen LogP contribution is -2.50. The van der Waals surface area contributed by atoms with E-state index in [9.17, 15) is 19.2 Å². The molecule has 0 radical (unpaired) electrons. The molecule has 0 bridgehead atoms. The van der Waals surface area contributed by atoms with Crippen molar-refractivity contribution in [3.05, 3.63) is 0 Å². The van der Waals surface area contributed by atoms with Crippen LogP contribution >= 0.6 is 23.5 Å². The summed E-state index contributed by atoms with van der Waals surface area (Å²) < 4.78 is 0. The minimum absolute atomic E-state index is 0.0366. The third-order valence-corrected chi connectivity index (χ3v) is 6.06. The van der Waals surface area contributed by atoms with Crippen molar-refractivity contribution in [2.45, 2.75) is 61.4 Å². The summed E-state index contributed by atoms with van der Waals surface area (Å²) in [7, 11) is 0. The Bertz CT molecular complexity index is 549. The Hall–Kier alpha value is -1.02. The molecule has 0 aliphatic rings. The molecule has 0 heterocycles. The van der Waals surface area contributed by atoms with Crippen LogP contribution in [0.4, 0.5) is 0 Å². The molecule has 0 rings (SSSR count). The van der Waals surface area contributed by atoms with Gasteiger partial charge >= 0.3 is 0 Å². The van der Waals surface area contributed by atoms with Gasteiger partial charge in [0.2, 0.25) is 11.8 Å². The summed E-state index contributed by atoms with van der Waals surface area (Å²) in [6.45, 7) is 14.8. The molecule has 0 aliphatic carbocycles. The maximum atomic E-state index is 12.5. The van der Waals surface area contributed by atoms with Gasteiger partial charge in [-0.1, -0.05) is 78.9 Å². The van der Waals surface area contributed by atoms with E-state index in [-0.39, 0.29) is 33.7 Å². The maximum Gasteiger partial charge on any atom is 0.243 e. The van der Waals surface area contributed by atoms with Crippen molar-refractivity contribution in [3.8, 4) is 0 Å². The van der Waals surface area contributed by atoms with E-state index in [2.05, 4.69) is 10.6 Å². The van der Waals surface area contributed by atoms with Crippen LogP contribution in [0.25, 0.3) is 0 Å². The Morgan fingerprint density at radius 1 is 0.815 bits per heavy atom. The summed E-state index contributed by atoms with van der Waals surface area (Å²) in [6, 6.07) is -0.792. The van der Waals surface area contributed by atoms with Gasteiger partial charge in [0.15, 0.2) is 10.2 Å². The minimum atomic E-state index is -0.792. The fourth-order valence-corrected chi connectivity index (χ4v) is 3.36. The minimum Gasteiger partial charge on any atom is -0.353 e. The number of carbonyl (C=O) groups excluding carboxylic acids is 4. The Labute approximate surface area is 171 Å². The third kappa shape index (κ3) is 10.8. The molecule has 6 nitrogen and oxygen atoms in total. The molecule has 0 spiro atoms. The van der Waals surface area contributed by atoms with E-state index in [1.54, 1.807) is 13.8 Å². The van der Waals surface area contributed by atoms with Crippen molar-refractivity contribution in [3.63, 3.8) is 0 Å². The number of amides is 2. The highest BCUT2D eigenvalue weighted by Crippen LogP contribution is 2.24. The zero-order valence-electron chi connectivity index (χ0n) is 17.7. The van der Waals surface area contributed by atoms with Gasteiger partial charge < -0.3 is 10.6 Å². The molecule has 1 atom stereocenters. The molecule has 2 amide bonds. The number of carbonyl (C=O) groups is 4. The zero-order chi connectivity index (χ0) is 21.4. The lowest BCUT2D eigenvalue weighted by molar-refractivity contribution is -0.130. The Morgan fingerprint density at radius 2 is 1.30 bits per heavy atom. The van der Waals surface area contributed by atoms with E-state index in [0.717, 1.165) is 11.8 Å². The van der Waals surface area contributed by atoms with Crippen LogP contribution in [0.5, 0.6) is 0 Å². The largest absolute Gasteiger partial charge is 0.353 e. The summed E-state index contributed by atoms with van der Waals surface area (Å²) in [4.78, 5) is 48.5. The molecule has 0 fully saturated rings. The third-order valence-electron chi connectivity index (χ3n) is 3.40. The molecular formula is C19H34N2O4S2. The quantitative estimate of drug-likeness (QED) is 0.589. The monoisotopic (exact) mass is 418 g/mol. The van der Waals surface area contributed by atoms with Gasteiger partial charge in [0.05, 0.1) is 0 Å². The van der Waals surface area contributed by atoms with E-state index in [1.165, 1.54) is 11.8 Å². The second kappa shape index (κ2) is 11.1. The smallest absolute Gasteiger partial charge is 0.243 e. The average Bonchev–Trinajstić information content (AvgIpc) is 2.52. The van der Waals surface area contributed by atoms with Crippen molar-refractivity contribution in [2.24, 2.45) is 16.7 Å². The molecular weight excluding hydrogens is 384 g/mol. The summed E-state index contributed by atoms with van der Waals surface area (Å²) >= 11 is 2.22. The van der Waals surface area contributed by atoms with Crippen LogP contribution in [0.1, 0.15) is 55.4 Å². The lowest BCUT2D eigenvalue weighted by atomic mass is 9.99. The van der Waals surface area contributed by atoms with Crippen LogP contribution in [-0.4, -0.2) is 46.1 Å². The second-order valence-electron chi connectivity index (χ2n) is 8.74. The van der Waals surface area contributed by atoms with Gasteiger partial charge in [-0.25, -0.2) is 0 Å². The lowest BCUT2D eigenvalue weighted by Gasteiger charge is -2.21. The van der Waals surface area contributed by atoms with Gasteiger partial charge in [-0.15, -0.1) is 0 Å². The molecule has 0 aromatic carbocycles.